The lowest BCUT2D eigenvalue weighted by Crippen LogP contribution is -2.30. The van der Waals surface area contributed by atoms with Crippen molar-refractivity contribution in [2.75, 3.05) is 6.26 Å². The molecule has 192 valence electrons. The molecule has 0 aliphatic heterocycles. The number of imidazole rings is 1. The highest BCUT2D eigenvalue weighted by atomic mass is 79.9. The highest BCUT2D eigenvalue weighted by Crippen LogP contribution is 2.31. The van der Waals surface area contributed by atoms with Crippen molar-refractivity contribution in [2.45, 2.75) is 23.1 Å². The van der Waals surface area contributed by atoms with Crippen LogP contribution in [0, 0.1) is 0 Å². The van der Waals surface area contributed by atoms with Gasteiger partial charge in [-0.25, -0.2) is 13.4 Å². The first-order chi connectivity index (χ1) is 18.5. The molecule has 5 aromatic rings. The van der Waals surface area contributed by atoms with Gasteiger partial charge in [0, 0.05) is 28.8 Å². The highest BCUT2D eigenvalue weighted by Gasteiger charge is 2.25. The summed E-state index contributed by atoms with van der Waals surface area (Å²) in [5, 5.41) is 0.857. The van der Waals surface area contributed by atoms with Crippen LogP contribution in [0.1, 0.15) is 11.1 Å². The summed E-state index contributed by atoms with van der Waals surface area (Å²) in [6, 6.07) is 34.5. The summed E-state index contributed by atoms with van der Waals surface area (Å²) in [5.41, 5.74) is 4.64. The van der Waals surface area contributed by atoms with Crippen molar-refractivity contribution in [1.82, 2.24) is 13.9 Å². The predicted molar refractivity (Wildman–Crippen MR) is 158 cm³/mol. The molecular formula is C30H26BrN3O2S2. The van der Waals surface area contributed by atoms with Gasteiger partial charge in [-0.3, -0.25) is 4.57 Å². The van der Waals surface area contributed by atoms with E-state index in [1.165, 1.54) is 4.31 Å². The van der Waals surface area contributed by atoms with Gasteiger partial charge in [0.05, 0.1) is 16.8 Å². The second-order valence-corrected chi connectivity index (χ2v) is 12.3. The Kier molecular flexibility index (Phi) is 8.14. The number of thioether (sulfide) groups is 1. The molecule has 0 saturated carbocycles. The molecule has 0 saturated heterocycles. The minimum absolute atomic E-state index is 0.257. The molecule has 1 heterocycles. The molecule has 0 unspecified atom stereocenters. The van der Waals surface area contributed by atoms with E-state index in [4.69, 9.17) is 0 Å². The van der Waals surface area contributed by atoms with E-state index >= 15 is 0 Å². The maximum atomic E-state index is 13.9. The van der Waals surface area contributed by atoms with Gasteiger partial charge in [-0.1, -0.05) is 100 Å². The Balaban J connectivity index is 1.49. The Labute approximate surface area is 236 Å². The fraction of sp³-hybridized carbons (Fsp3) is 0.100. The molecule has 0 aliphatic carbocycles. The molecule has 0 amide bonds. The Morgan fingerprint density at radius 3 is 1.87 bits per heavy atom. The largest absolute Gasteiger partial charge is 0.287 e. The minimum atomic E-state index is -3.76. The van der Waals surface area contributed by atoms with Crippen LogP contribution in [0.15, 0.2) is 130 Å². The summed E-state index contributed by atoms with van der Waals surface area (Å²) < 4.78 is 32.3. The molecule has 0 aliphatic rings. The third kappa shape index (κ3) is 5.78. The number of sulfonamides is 1. The van der Waals surface area contributed by atoms with Crippen LogP contribution >= 0.6 is 27.7 Å². The minimum Gasteiger partial charge on any atom is -0.287 e. The van der Waals surface area contributed by atoms with E-state index < -0.39 is 10.0 Å². The van der Waals surface area contributed by atoms with E-state index in [1.807, 2.05) is 110 Å². The molecule has 4 aromatic carbocycles. The van der Waals surface area contributed by atoms with Crippen molar-refractivity contribution in [1.29, 1.82) is 0 Å². The molecule has 0 N–H and O–H groups in total. The Bertz CT molecular complexity index is 1560. The Morgan fingerprint density at radius 2 is 1.34 bits per heavy atom. The normalized spacial score (nSPS) is 11.7. The van der Waals surface area contributed by atoms with Crippen LogP contribution in [0.4, 0.5) is 0 Å². The Hall–Kier alpha value is -3.17. The number of hydrogen-bond donors (Lipinski definition) is 0. The average molecular weight is 605 g/mol. The molecule has 0 radical (unpaired) electrons. The first kappa shape index (κ1) is 26.4. The van der Waals surface area contributed by atoms with Gasteiger partial charge >= 0.3 is 0 Å². The van der Waals surface area contributed by atoms with E-state index in [1.54, 1.807) is 23.9 Å². The summed E-state index contributed by atoms with van der Waals surface area (Å²) in [7, 11) is -3.76. The fourth-order valence-electron chi connectivity index (χ4n) is 4.27. The Morgan fingerprint density at radius 1 is 0.789 bits per heavy atom. The molecule has 0 spiro atoms. The van der Waals surface area contributed by atoms with Gasteiger partial charge in [-0.05, 0) is 53.8 Å². The summed E-state index contributed by atoms with van der Waals surface area (Å²) in [6.45, 7) is 0.570. The SMILES string of the molecule is CSc1ncc(-c2ccc(S(=O)(=O)N(Cc3ccccc3)Cc3ccccc3)cc2)n1-c1ccc(Br)cc1. The standard InChI is InChI=1S/C30H26BrN3O2S2/c1-37-30-32-20-29(34(30)27-16-14-26(31)15-17-27)25-12-18-28(19-13-25)38(35,36)33(21-23-8-4-2-5-9-23)22-24-10-6-3-7-11-24/h2-20H,21-22H2,1H3. The first-order valence-corrected chi connectivity index (χ1v) is 15.5. The zero-order chi connectivity index (χ0) is 26.5. The van der Waals surface area contributed by atoms with E-state index in [2.05, 4.69) is 25.5 Å². The molecule has 8 heteroatoms. The zero-order valence-corrected chi connectivity index (χ0v) is 24.0. The van der Waals surface area contributed by atoms with Gasteiger partial charge in [0.25, 0.3) is 0 Å². The van der Waals surface area contributed by atoms with Gasteiger partial charge in [0.1, 0.15) is 0 Å². The quantitative estimate of drug-likeness (QED) is 0.165. The van der Waals surface area contributed by atoms with E-state index in [-0.39, 0.29) is 18.0 Å². The van der Waals surface area contributed by atoms with Crippen molar-refractivity contribution in [3.05, 3.63) is 131 Å². The maximum absolute atomic E-state index is 13.9. The lowest BCUT2D eigenvalue weighted by atomic mass is 10.1. The molecule has 1 aromatic heterocycles. The predicted octanol–water partition coefficient (Wildman–Crippen LogP) is 7.41. The van der Waals surface area contributed by atoms with Gasteiger partial charge < -0.3 is 0 Å². The van der Waals surface area contributed by atoms with Crippen LogP contribution in [-0.4, -0.2) is 28.5 Å². The van der Waals surface area contributed by atoms with Gasteiger partial charge in [-0.2, -0.15) is 4.31 Å². The van der Waals surface area contributed by atoms with E-state index in [0.717, 1.165) is 37.7 Å². The van der Waals surface area contributed by atoms with Gasteiger partial charge in [0.2, 0.25) is 10.0 Å². The zero-order valence-electron chi connectivity index (χ0n) is 20.7. The number of aromatic nitrogens is 2. The van der Waals surface area contributed by atoms with E-state index in [9.17, 15) is 8.42 Å². The van der Waals surface area contributed by atoms with Crippen LogP contribution < -0.4 is 0 Å². The maximum Gasteiger partial charge on any atom is 0.243 e. The fourth-order valence-corrected chi connectivity index (χ4v) is 6.49. The van der Waals surface area contributed by atoms with Gasteiger partial charge in [0.15, 0.2) is 5.16 Å². The smallest absolute Gasteiger partial charge is 0.243 e. The number of benzene rings is 4. The van der Waals surface area contributed by atoms with E-state index in [0.29, 0.717) is 0 Å². The molecule has 5 rings (SSSR count). The summed E-state index contributed by atoms with van der Waals surface area (Å²) in [4.78, 5) is 4.85. The number of nitrogens with zero attached hydrogens (tertiary/aromatic N) is 3. The van der Waals surface area contributed by atoms with Crippen LogP contribution in [0.2, 0.25) is 0 Å². The first-order valence-electron chi connectivity index (χ1n) is 12.0. The molecule has 38 heavy (non-hydrogen) atoms. The summed E-state index contributed by atoms with van der Waals surface area (Å²) in [6.07, 6.45) is 3.82. The van der Waals surface area contributed by atoms with Crippen molar-refractivity contribution in [3.8, 4) is 16.9 Å². The monoisotopic (exact) mass is 603 g/mol. The van der Waals surface area contributed by atoms with Crippen molar-refractivity contribution < 1.29 is 8.42 Å². The second-order valence-electron chi connectivity index (χ2n) is 8.71. The third-order valence-corrected chi connectivity index (χ3v) is 9.18. The van der Waals surface area contributed by atoms with Crippen LogP contribution in [0.25, 0.3) is 16.9 Å². The van der Waals surface area contributed by atoms with Crippen molar-refractivity contribution in [2.24, 2.45) is 0 Å². The van der Waals surface area contributed by atoms with Crippen molar-refractivity contribution in [3.63, 3.8) is 0 Å². The van der Waals surface area contributed by atoms with Crippen molar-refractivity contribution >= 4 is 37.7 Å². The van der Waals surface area contributed by atoms with Gasteiger partial charge in [-0.15, -0.1) is 0 Å². The average Bonchev–Trinajstić information content (AvgIpc) is 3.38. The third-order valence-electron chi connectivity index (χ3n) is 6.19. The lowest BCUT2D eigenvalue weighted by molar-refractivity contribution is 0.401. The number of halogens is 1. The second kappa shape index (κ2) is 11.7. The molecule has 5 nitrogen and oxygen atoms in total. The van der Waals surface area contributed by atoms with Crippen LogP contribution in [0.3, 0.4) is 0 Å². The van der Waals surface area contributed by atoms with Crippen LogP contribution in [-0.2, 0) is 23.1 Å². The van der Waals surface area contributed by atoms with Crippen LogP contribution in [0.5, 0.6) is 0 Å². The summed E-state index contributed by atoms with van der Waals surface area (Å²) in [5.74, 6) is 0. The highest BCUT2D eigenvalue weighted by molar-refractivity contribution is 9.10. The molecule has 0 bridgehead atoms. The number of hydrogen-bond acceptors (Lipinski definition) is 4. The molecule has 0 fully saturated rings. The lowest BCUT2D eigenvalue weighted by Gasteiger charge is -2.23. The summed E-state index contributed by atoms with van der Waals surface area (Å²) >= 11 is 5.06. The topological polar surface area (TPSA) is 55.2 Å². The molecular weight excluding hydrogens is 578 g/mol. The molecule has 0 atom stereocenters. The number of rotatable bonds is 9.